The largest absolute Gasteiger partial charge is 0.317 e. The molecule has 88 valence electrons. The fraction of sp³-hybridized carbons (Fsp3) is 0.615. The number of nitrogens with zero attached hydrogens (tertiary/aromatic N) is 1. The fourth-order valence-electron chi connectivity index (χ4n) is 2.35. The second-order valence-electron chi connectivity index (χ2n) is 4.96. The summed E-state index contributed by atoms with van der Waals surface area (Å²) < 4.78 is 2.67. The number of hydrogen-bond acceptors (Lipinski definition) is 1. The summed E-state index contributed by atoms with van der Waals surface area (Å²) in [6, 6.07) is 1.77. The number of aromatic nitrogens is 1. The van der Waals surface area contributed by atoms with E-state index in [1.54, 1.807) is 17.7 Å². The second-order valence-corrected chi connectivity index (χ2v) is 5.81. The summed E-state index contributed by atoms with van der Waals surface area (Å²) in [5.74, 6) is 1.36. The van der Waals surface area contributed by atoms with Gasteiger partial charge in [0.1, 0.15) is 0 Å². The van der Waals surface area contributed by atoms with Gasteiger partial charge < -0.3 is 4.57 Å². The highest BCUT2D eigenvalue weighted by atomic mass is 79.9. The molecule has 0 aliphatic heterocycles. The van der Waals surface area contributed by atoms with Crippen molar-refractivity contribution in [2.45, 2.75) is 38.5 Å². The average molecular weight is 284 g/mol. The SMILES string of the molecule is CC(CC1CCC1)c1cc(=O)n(C)cc1Br. The van der Waals surface area contributed by atoms with Gasteiger partial charge in [-0.1, -0.05) is 26.2 Å². The van der Waals surface area contributed by atoms with Gasteiger partial charge in [0, 0.05) is 23.8 Å². The van der Waals surface area contributed by atoms with E-state index < -0.39 is 0 Å². The molecule has 1 aromatic heterocycles. The van der Waals surface area contributed by atoms with Crippen LogP contribution in [0.15, 0.2) is 21.5 Å². The topological polar surface area (TPSA) is 22.0 Å². The van der Waals surface area contributed by atoms with Gasteiger partial charge in [-0.3, -0.25) is 4.79 Å². The maximum Gasteiger partial charge on any atom is 0.250 e. The number of rotatable bonds is 3. The Balaban J connectivity index is 2.18. The van der Waals surface area contributed by atoms with E-state index in [1.165, 1.54) is 25.7 Å². The summed E-state index contributed by atoms with van der Waals surface area (Å²) >= 11 is 3.55. The van der Waals surface area contributed by atoms with Gasteiger partial charge in [-0.25, -0.2) is 0 Å². The zero-order valence-corrected chi connectivity index (χ0v) is 11.5. The van der Waals surface area contributed by atoms with Crippen LogP contribution in [-0.2, 0) is 7.05 Å². The van der Waals surface area contributed by atoms with E-state index in [2.05, 4.69) is 22.9 Å². The van der Waals surface area contributed by atoms with Crippen molar-refractivity contribution in [3.05, 3.63) is 32.7 Å². The molecule has 1 aromatic rings. The van der Waals surface area contributed by atoms with Gasteiger partial charge in [0.2, 0.25) is 0 Å². The Morgan fingerprint density at radius 3 is 2.81 bits per heavy atom. The van der Waals surface area contributed by atoms with Gasteiger partial charge in [0.05, 0.1) is 0 Å². The molecule has 0 radical (unpaired) electrons. The monoisotopic (exact) mass is 283 g/mol. The Hall–Kier alpha value is -0.570. The zero-order chi connectivity index (χ0) is 11.7. The Kier molecular flexibility index (Phi) is 3.53. The quantitative estimate of drug-likeness (QED) is 0.833. The van der Waals surface area contributed by atoms with Gasteiger partial charge in [0.15, 0.2) is 0 Å². The smallest absolute Gasteiger partial charge is 0.250 e. The van der Waals surface area contributed by atoms with E-state index in [0.29, 0.717) is 5.92 Å². The first kappa shape index (κ1) is 11.9. The summed E-state index contributed by atoms with van der Waals surface area (Å²) in [4.78, 5) is 11.6. The van der Waals surface area contributed by atoms with Crippen LogP contribution in [0.25, 0.3) is 0 Å². The van der Waals surface area contributed by atoms with Gasteiger partial charge >= 0.3 is 0 Å². The molecule has 0 N–H and O–H groups in total. The summed E-state index contributed by atoms with van der Waals surface area (Å²) in [7, 11) is 1.79. The van der Waals surface area contributed by atoms with Crippen LogP contribution in [0.4, 0.5) is 0 Å². The van der Waals surface area contributed by atoms with Crippen molar-refractivity contribution in [3.63, 3.8) is 0 Å². The minimum atomic E-state index is 0.0821. The summed E-state index contributed by atoms with van der Waals surface area (Å²) in [5, 5.41) is 0. The van der Waals surface area contributed by atoms with Crippen molar-refractivity contribution in [3.8, 4) is 0 Å². The van der Waals surface area contributed by atoms with E-state index in [1.807, 2.05) is 6.20 Å². The molecule has 0 bridgehead atoms. The standard InChI is InChI=1S/C13H18BrNO/c1-9(6-10-4-3-5-10)11-7-13(16)15(2)8-12(11)14/h7-10H,3-6H2,1-2H3. The molecule has 1 aliphatic rings. The van der Waals surface area contributed by atoms with Crippen molar-refractivity contribution in [1.29, 1.82) is 0 Å². The molecule has 16 heavy (non-hydrogen) atoms. The Morgan fingerprint density at radius 2 is 2.25 bits per heavy atom. The molecule has 2 rings (SSSR count). The third kappa shape index (κ3) is 2.40. The van der Waals surface area contributed by atoms with Crippen LogP contribution in [0.1, 0.15) is 44.1 Å². The molecule has 0 spiro atoms. The Morgan fingerprint density at radius 1 is 1.56 bits per heavy atom. The molecular weight excluding hydrogens is 266 g/mol. The van der Waals surface area contributed by atoms with E-state index in [0.717, 1.165) is 16.0 Å². The molecule has 1 unspecified atom stereocenters. The summed E-state index contributed by atoms with van der Waals surface area (Å²) in [5.41, 5.74) is 1.24. The number of aryl methyl sites for hydroxylation is 1. The molecular formula is C13H18BrNO. The Labute approximate surface area is 105 Å². The molecule has 1 atom stereocenters. The van der Waals surface area contributed by atoms with Crippen molar-refractivity contribution in [1.82, 2.24) is 4.57 Å². The minimum absolute atomic E-state index is 0.0821. The predicted octanol–water partition coefficient (Wildman–Crippen LogP) is 3.44. The fourth-order valence-corrected chi connectivity index (χ4v) is 3.16. The first-order valence-corrected chi connectivity index (χ1v) is 6.73. The lowest BCUT2D eigenvalue weighted by molar-refractivity contribution is 0.280. The van der Waals surface area contributed by atoms with E-state index in [-0.39, 0.29) is 5.56 Å². The lowest BCUT2D eigenvalue weighted by Gasteiger charge is -2.28. The average Bonchev–Trinajstić information content (AvgIpc) is 2.17. The number of halogens is 1. The van der Waals surface area contributed by atoms with Crippen LogP contribution >= 0.6 is 15.9 Å². The van der Waals surface area contributed by atoms with Crippen LogP contribution in [0.5, 0.6) is 0 Å². The predicted molar refractivity (Wildman–Crippen MR) is 69.8 cm³/mol. The van der Waals surface area contributed by atoms with Crippen molar-refractivity contribution in [2.24, 2.45) is 13.0 Å². The van der Waals surface area contributed by atoms with E-state index in [9.17, 15) is 4.79 Å². The molecule has 0 aromatic carbocycles. The molecule has 0 amide bonds. The zero-order valence-electron chi connectivity index (χ0n) is 9.87. The molecule has 0 saturated heterocycles. The van der Waals surface area contributed by atoms with E-state index in [4.69, 9.17) is 0 Å². The first-order chi connectivity index (χ1) is 7.58. The van der Waals surface area contributed by atoms with Crippen molar-refractivity contribution < 1.29 is 0 Å². The van der Waals surface area contributed by atoms with Gasteiger partial charge in [-0.15, -0.1) is 0 Å². The Bertz CT molecular complexity index is 434. The maximum atomic E-state index is 11.6. The van der Waals surface area contributed by atoms with E-state index >= 15 is 0 Å². The normalized spacial score (nSPS) is 18.2. The highest BCUT2D eigenvalue weighted by molar-refractivity contribution is 9.10. The van der Waals surface area contributed by atoms with Crippen molar-refractivity contribution in [2.75, 3.05) is 0 Å². The van der Waals surface area contributed by atoms with Gasteiger partial charge in [-0.05, 0) is 39.8 Å². The molecule has 1 saturated carbocycles. The lowest BCUT2D eigenvalue weighted by atomic mass is 9.78. The summed E-state index contributed by atoms with van der Waals surface area (Å²) in [6.45, 7) is 2.22. The number of pyridine rings is 1. The van der Waals surface area contributed by atoms with Crippen molar-refractivity contribution >= 4 is 15.9 Å². The van der Waals surface area contributed by atoms with Crippen LogP contribution in [0, 0.1) is 5.92 Å². The van der Waals surface area contributed by atoms with Crippen LogP contribution in [-0.4, -0.2) is 4.57 Å². The first-order valence-electron chi connectivity index (χ1n) is 5.94. The molecule has 1 heterocycles. The van der Waals surface area contributed by atoms with Gasteiger partial charge in [0.25, 0.3) is 5.56 Å². The highest BCUT2D eigenvalue weighted by Crippen LogP contribution is 2.36. The number of hydrogen-bond donors (Lipinski definition) is 0. The highest BCUT2D eigenvalue weighted by Gasteiger charge is 2.22. The van der Waals surface area contributed by atoms with Gasteiger partial charge in [-0.2, -0.15) is 0 Å². The van der Waals surface area contributed by atoms with Crippen LogP contribution in [0.2, 0.25) is 0 Å². The van der Waals surface area contributed by atoms with Crippen LogP contribution in [0.3, 0.4) is 0 Å². The molecule has 2 nitrogen and oxygen atoms in total. The third-order valence-corrected chi connectivity index (χ3v) is 4.31. The minimum Gasteiger partial charge on any atom is -0.317 e. The molecule has 1 aliphatic carbocycles. The second kappa shape index (κ2) is 4.74. The summed E-state index contributed by atoms with van der Waals surface area (Å²) in [6.07, 6.45) is 7.20. The third-order valence-electron chi connectivity index (χ3n) is 3.65. The van der Waals surface area contributed by atoms with Crippen LogP contribution < -0.4 is 5.56 Å². The molecule has 1 fully saturated rings. The molecule has 3 heteroatoms. The maximum absolute atomic E-state index is 11.6. The lowest BCUT2D eigenvalue weighted by Crippen LogP contribution is -2.19.